The van der Waals surface area contributed by atoms with Crippen LogP contribution in [0.5, 0.6) is 0 Å². The molecular weight excluding hydrogens is 297 g/mol. The molecule has 18 heavy (non-hydrogen) atoms. The Morgan fingerprint density at radius 2 is 2.06 bits per heavy atom. The minimum atomic E-state index is -0.312. The lowest BCUT2D eigenvalue weighted by Crippen LogP contribution is -2.03. The Balaban J connectivity index is 2.23. The molecule has 94 valence electrons. The Morgan fingerprint density at radius 3 is 2.67 bits per heavy atom. The molecule has 0 amide bonds. The van der Waals surface area contributed by atoms with E-state index in [-0.39, 0.29) is 5.82 Å². The van der Waals surface area contributed by atoms with Gasteiger partial charge in [-0.2, -0.15) is 0 Å². The van der Waals surface area contributed by atoms with Crippen LogP contribution in [0.1, 0.15) is 13.3 Å². The van der Waals surface area contributed by atoms with Crippen LogP contribution < -0.4 is 5.32 Å². The second-order valence-electron chi connectivity index (χ2n) is 3.85. The number of halogens is 2. The lowest BCUT2D eigenvalue weighted by Gasteiger charge is -2.05. The van der Waals surface area contributed by atoms with E-state index in [1.807, 2.05) is 0 Å². The van der Waals surface area contributed by atoms with Crippen LogP contribution in [-0.4, -0.2) is 16.7 Å². The third-order valence-electron chi connectivity index (χ3n) is 2.43. The fraction of sp³-hybridized carbons (Fsp3) is 0.231. The molecular formula is C13H13BrFN3. The maximum absolute atomic E-state index is 13.7. The number of hydrogen-bond donors (Lipinski definition) is 1. The summed E-state index contributed by atoms with van der Waals surface area (Å²) in [6.07, 6.45) is 1.02. The highest BCUT2D eigenvalue weighted by Crippen LogP contribution is 2.23. The summed E-state index contributed by atoms with van der Waals surface area (Å²) in [6.45, 7) is 2.92. The second kappa shape index (κ2) is 5.91. The molecule has 0 bridgehead atoms. The normalized spacial score (nSPS) is 10.4. The van der Waals surface area contributed by atoms with Crippen molar-refractivity contribution in [3.05, 3.63) is 40.6 Å². The highest BCUT2D eigenvalue weighted by molar-refractivity contribution is 9.10. The Kier molecular flexibility index (Phi) is 4.25. The number of anilines is 1. The van der Waals surface area contributed by atoms with E-state index in [9.17, 15) is 4.39 Å². The third-order valence-corrected chi connectivity index (χ3v) is 2.92. The minimum Gasteiger partial charge on any atom is -0.369 e. The molecule has 0 aliphatic heterocycles. The average molecular weight is 310 g/mol. The zero-order valence-electron chi connectivity index (χ0n) is 9.95. The number of nitrogens with zero attached hydrogens (tertiary/aromatic N) is 2. The largest absolute Gasteiger partial charge is 0.369 e. The maximum atomic E-state index is 13.7. The van der Waals surface area contributed by atoms with Crippen molar-refractivity contribution in [3.63, 3.8) is 0 Å². The Morgan fingerprint density at radius 1 is 1.22 bits per heavy atom. The fourth-order valence-electron chi connectivity index (χ4n) is 1.52. The monoisotopic (exact) mass is 309 g/mol. The van der Waals surface area contributed by atoms with Gasteiger partial charge in [-0.1, -0.05) is 22.9 Å². The second-order valence-corrected chi connectivity index (χ2v) is 4.77. The first-order chi connectivity index (χ1) is 8.70. The summed E-state index contributed by atoms with van der Waals surface area (Å²) < 4.78 is 14.4. The first-order valence-corrected chi connectivity index (χ1v) is 6.53. The highest BCUT2D eigenvalue weighted by atomic mass is 79.9. The molecule has 1 aromatic carbocycles. The zero-order valence-corrected chi connectivity index (χ0v) is 11.5. The van der Waals surface area contributed by atoms with E-state index in [0.29, 0.717) is 21.5 Å². The molecule has 5 heteroatoms. The van der Waals surface area contributed by atoms with Crippen molar-refractivity contribution in [1.82, 2.24) is 10.2 Å². The summed E-state index contributed by atoms with van der Waals surface area (Å²) in [7, 11) is 0. The highest BCUT2D eigenvalue weighted by Gasteiger charge is 2.07. The van der Waals surface area contributed by atoms with E-state index in [0.717, 1.165) is 13.0 Å². The lowest BCUT2D eigenvalue weighted by molar-refractivity contribution is 0.629. The average Bonchev–Trinajstić information content (AvgIpc) is 2.37. The molecule has 0 unspecified atom stereocenters. The molecule has 0 atom stereocenters. The Bertz CT molecular complexity index is 528. The van der Waals surface area contributed by atoms with Crippen LogP contribution >= 0.6 is 15.9 Å². The topological polar surface area (TPSA) is 37.8 Å². The molecule has 0 saturated heterocycles. The predicted molar refractivity (Wildman–Crippen MR) is 73.9 cm³/mol. The molecule has 0 saturated carbocycles. The number of benzene rings is 1. The summed E-state index contributed by atoms with van der Waals surface area (Å²) in [5.41, 5.74) is 0.981. The van der Waals surface area contributed by atoms with Crippen LogP contribution in [0, 0.1) is 5.82 Å². The van der Waals surface area contributed by atoms with E-state index < -0.39 is 0 Å². The quantitative estimate of drug-likeness (QED) is 0.931. The Hall–Kier alpha value is -1.49. The van der Waals surface area contributed by atoms with Gasteiger partial charge >= 0.3 is 0 Å². The Labute approximate surface area is 114 Å². The van der Waals surface area contributed by atoms with E-state index in [1.165, 1.54) is 6.07 Å². The van der Waals surface area contributed by atoms with Crippen molar-refractivity contribution in [1.29, 1.82) is 0 Å². The van der Waals surface area contributed by atoms with Crippen molar-refractivity contribution in [2.75, 3.05) is 11.9 Å². The van der Waals surface area contributed by atoms with Crippen LogP contribution in [0.4, 0.5) is 10.2 Å². The van der Waals surface area contributed by atoms with Crippen LogP contribution in [0.15, 0.2) is 34.8 Å². The van der Waals surface area contributed by atoms with Crippen LogP contribution in [0.2, 0.25) is 0 Å². The van der Waals surface area contributed by atoms with Crippen molar-refractivity contribution < 1.29 is 4.39 Å². The molecule has 0 radical (unpaired) electrons. The van der Waals surface area contributed by atoms with E-state index in [1.54, 1.807) is 24.3 Å². The van der Waals surface area contributed by atoms with Gasteiger partial charge in [0.25, 0.3) is 0 Å². The number of hydrogen-bond acceptors (Lipinski definition) is 3. The zero-order chi connectivity index (χ0) is 13.0. The number of aromatic nitrogens is 2. The first-order valence-electron chi connectivity index (χ1n) is 5.73. The SMILES string of the molecule is CCCNc1ccc(-c2ccc(Br)cc2F)nn1. The van der Waals surface area contributed by atoms with Gasteiger partial charge in [-0.05, 0) is 36.8 Å². The van der Waals surface area contributed by atoms with Gasteiger partial charge in [0.2, 0.25) is 0 Å². The molecule has 0 fully saturated rings. The smallest absolute Gasteiger partial charge is 0.148 e. The lowest BCUT2D eigenvalue weighted by atomic mass is 10.1. The molecule has 0 aliphatic rings. The summed E-state index contributed by atoms with van der Waals surface area (Å²) >= 11 is 3.22. The molecule has 2 aromatic rings. The van der Waals surface area contributed by atoms with Crippen LogP contribution in [0.3, 0.4) is 0 Å². The predicted octanol–water partition coefficient (Wildman–Crippen LogP) is 3.87. The molecule has 0 aliphatic carbocycles. The molecule has 1 N–H and O–H groups in total. The first kappa shape index (κ1) is 13.0. The van der Waals surface area contributed by atoms with Gasteiger partial charge in [0, 0.05) is 16.6 Å². The van der Waals surface area contributed by atoms with Crippen LogP contribution in [-0.2, 0) is 0 Å². The fourth-order valence-corrected chi connectivity index (χ4v) is 1.85. The van der Waals surface area contributed by atoms with Gasteiger partial charge in [-0.15, -0.1) is 10.2 Å². The van der Waals surface area contributed by atoms with Gasteiger partial charge in [0.1, 0.15) is 11.6 Å². The maximum Gasteiger partial charge on any atom is 0.148 e. The molecule has 0 spiro atoms. The van der Waals surface area contributed by atoms with E-state index in [4.69, 9.17) is 0 Å². The number of nitrogens with one attached hydrogen (secondary N) is 1. The van der Waals surface area contributed by atoms with Crippen molar-refractivity contribution in [3.8, 4) is 11.3 Å². The minimum absolute atomic E-state index is 0.312. The third kappa shape index (κ3) is 3.04. The van der Waals surface area contributed by atoms with Crippen molar-refractivity contribution in [2.24, 2.45) is 0 Å². The standard InChI is InChI=1S/C13H13BrFN3/c1-2-7-16-13-6-5-12(17-18-13)10-4-3-9(14)8-11(10)15/h3-6,8H,2,7H2,1H3,(H,16,18). The van der Waals surface area contributed by atoms with Gasteiger partial charge in [0.05, 0.1) is 5.69 Å². The molecule has 1 heterocycles. The molecule has 2 rings (SSSR count). The van der Waals surface area contributed by atoms with Crippen molar-refractivity contribution >= 4 is 21.7 Å². The van der Waals surface area contributed by atoms with Gasteiger partial charge in [-0.25, -0.2) is 4.39 Å². The van der Waals surface area contributed by atoms with Gasteiger partial charge in [0.15, 0.2) is 0 Å². The summed E-state index contributed by atoms with van der Waals surface area (Å²) in [5.74, 6) is 0.395. The summed E-state index contributed by atoms with van der Waals surface area (Å²) in [4.78, 5) is 0. The molecule has 3 nitrogen and oxygen atoms in total. The number of rotatable bonds is 4. The van der Waals surface area contributed by atoms with Gasteiger partial charge in [-0.3, -0.25) is 0 Å². The van der Waals surface area contributed by atoms with Gasteiger partial charge < -0.3 is 5.32 Å². The summed E-state index contributed by atoms with van der Waals surface area (Å²) in [6, 6.07) is 8.45. The van der Waals surface area contributed by atoms with E-state index in [2.05, 4.69) is 38.4 Å². The molecule has 1 aromatic heterocycles. The summed E-state index contributed by atoms with van der Waals surface area (Å²) in [5, 5.41) is 11.2. The van der Waals surface area contributed by atoms with Crippen LogP contribution in [0.25, 0.3) is 11.3 Å². The van der Waals surface area contributed by atoms with Crippen molar-refractivity contribution in [2.45, 2.75) is 13.3 Å². The van der Waals surface area contributed by atoms with E-state index >= 15 is 0 Å².